The van der Waals surface area contributed by atoms with Gasteiger partial charge in [-0.15, -0.1) is 11.3 Å². The molecule has 24 heavy (non-hydrogen) atoms. The monoisotopic (exact) mass is 349 g/mol. The maximum absolute atomic E-state index is 13.7. The first-order valence-corrected chi connectivity index (χ1v) is 8.10. The summed E-state index contributed by atoms with van der Waals surface area (Å²) in [5.41, 5.74) is 0.0923. The van der Waals surface area contributed by atoms with Crippen LogP contribution < -0.4 is 5.32 Å². The summed E-state index contributed by atoms with van der Waals surface area (Å²) in [5, 5.41) is 9.25. The van der Waals surface area contributed by atoms with Crippen molar-refractivity contribution in [2.24, 2.45) is 0 Å². The fourth-order valence-corrected chi connectivity index (χ4v) is 2.77. The van der Waals surface area contributed by atoms with Crippen LogP contribution in [0.4, 0.5) is 8.78 Å². The number of benzene rings is 1. The molecule has 0 aliphatic rings. The van der Waals surface area contributed by atoms with Gasteiger partial charge in [-0.25, -0.2) is 13.8 Å². The van der Waals surface area contributed by atoms with Crippen molar-refractivity contribution < 1.29 is 18.1 Å². The molecule has 0 aliphatic heterocycles. The lowest BCUT2D eigenvalue weighted by molar-refractivity contribution is 0.0944. The van der Waals surface area contributed by atoms with Gasteiger partial charge in [-0.05, 0) is 18.6 Å². The van der Waals surface area contributed by atoms with Crippen molar-refractivity contribution >= 4 is 17.2 Å². The number of nitrogens with one attached hydrogen (secondary N) is 1. The number of nitrogens with zero attached hydrogens (tertiary/aromatic N) is 2. The first kappa shape index (κ1) is 16.3. The van der Waals surface area contributed by atoms with Crippen LogP contribution in [0.3, 0.4) is 0 Å². The van der Waals surface area contributed by atoms with E-state index in [1.807, 2.05) is 5.38 Å². The lowest BCUT2D eigenvalue weighted by atomic mass is 10.1. The first-order valence-electron chi connectivity index (χ1n) is 7.22. The fraction of sp³-hybridized carbons (Fsp3) is 0.188. The zero-order valence-corrected chi connectivity index (χ0v) is 13.3. The Kier molecular flexibility index (Phi) is 4.95. The van der Waals surface area contributed by atoms with Crippen molar-refractivity contribution in [3.63, 3.8) is 0 Å². The van der Waals surface area contributed by atoms with E-state index in [-0.39, 0.29) is 17.0 Å². The minimum Gasteiger partial charge on any atom is -0.355 e. The summed E-state index contributed by atoms with van der Waals surface area (Å²) in [5.74, 6) is -1.80. The Morgan fingerprint density at radius 1 is 1.29 bits per heavy atom. The van der Waals surface area contributed by atoms with Crippen molar-refractivity contribution in [3.05, 3.63) is 58.2 Å². The van der Waals surface area contributed by atoms with Crippen LogP contribution in [0.2, 0.25) is 0 Å². The van der Waals surface area contributed by atoms with Gasteiger partial charge in [0.2, 0.25) is 0 Å². The molecule has 0 aliphatic carbocycles. The van der Waals surface area contributed by atoms with Gasteiger partial charge in [0.25, 0.3) is 5.91 Å². The second-order valence-electron chi connectivity index (χ2n) is 4.99. The minimum absolute atomic E-state index is 0.0444. The van der Waals surface area contributed by atoms with Gasteiger partial charge in [0, 0.05) is 36.7 Å². The summed E-state index contributed by atoms with van der Waals surface area (Å²) in [6, 6.07) is 4.42. The van der Waals surface area contributed by atoms with Gasteiger partial charge in [-0.2, -0.15) is 0 Å². The lowest BCUT2D eigenvalue weighted by Crippen LogP contribution is -2.25. The molecule has 2 aromatic heterocycles. The van der Waals surface area contributed by atoms with E-state index in [1.165, 1.54) is 12.1 Å². The summed E-state index contributed by atoms with van der Waals surface area (Å²) in [6.45, 7) is 0.464. The van der Waals surface area contributed by atoms with Crippen LogP contribution in [0.1, 0.15) is 21.9 Å². The van der Waals surface area contributed by atoms with Crippen LogP contribution in [-0.4, -0.2) is 22.6 Å². The summed E-state index contributed by atoms with van der Waals surface area (Å²) in [7, 11) is 0. The van der Waals surface area contributed by atoms with Gasteiger partial charge < -0.3 is 9.84 Å². The molecule has 0 saturated heterocycles. The SMILES string of the molecule is O=C(NCCCc1nccs1)c1cc(-c2ccc(F)cc2F)on1. The zero-order valence-electron chi connectivity index (χ0n) is 12.5. The lowest BCUT2D eigenvalue weighted by Gasteiger charge is -2.01. The van der Waals surface area contributed by atoms with Crippen LogP contribution in [0, 0.1) is 11.6 Å². The molecule has 0 fully saturated rings. The van der Waals surface area contributed by atoms with E-state index in [9.17, 15) is 13.6 Å². The highest BCUT2D eigenvalue weighted by molar-refractivity contribution is 7.09. The van der Waals surface area contributed by atoms with Gasteiger partial charge in [0.1, 0.15) is 11.6 Å². The Hall–Kier alpha value is -2.61. The van der Waals surface area contributed by atoms with Crippen LogP contribution >= 0.6 is 11.3 Å². The largest absolute Gasteiger partial charge is 0.355 e. The number of carbonyl (C=O) groups is 1. The normalized spacial score (nSPS) is 10.8. The molecule has 1 amide bonds. The number of hydrogen-bond donors (Lipinski definition) is 1. The molecule has 1 N–H and O–H groups in total. The van der Waals surface area contributed by atoms with E-state index < -0.39 is 17.5 Å². The van der Waals surface area contributed by atoms with E-state index in [2.05, 4.69) is 15.5 Å². The third kappa shape index (κ3) is 3.83. The maximum Gasteiger partial charge on any atom is 0.273 e. The van der Waals surface area contributed by atoms with Gasteiger partial charge in [0.15, 0.2) is 11.5 Å². The zero-order chi connectivity index (χ0) is 16.9. The molecule has 0 saturated carbocycles. The predicted molar refractivity (Wildman–Crippen MR) is 84.6 cm³/mol. The third-order valence-corrected chi connectivity index (χ3v) is 4.12. The van der Waals surface area contributed by atoms with Crippen molar-refractivity contribution in [2.75, 3.05) is 6.54 Å². The van der Waals surface area contributed by atoms with E-state index in [0.717, 1.165) is 30.0 Å². The third-order valence-electron chi connectivity index (χ3n) is 3.28. The van der Waals surface area contributed by atoms with Crippen molar-refractivity contribution in [1.29, 1.82) is 0 Å². The van der Waals surface area contributed by atoms with E-state index in [0.29, 0.717) is 6.54 Å². The van der Waals surface area contributed by atoms with E-state index >= 15 is 0 Å². The van der Waals surface area contributed by atoms with E-state index in [4.69, 9.17) is 4.52 Å². The highest BCUT2D eigenvalue weighted by Crippen LogP contribution is 2.24. The molecule has 124 valence electrons. The summed E-state index contributed by atoms with van der Waals surface area (Å²) in [4.78, 5) is 16.1. The number of aromatic nitrogens is 2. The average molecular weight is 349 g/mol. The van der Waals surface area contributed by atoms with Crippen LogP contribution in [0.5, 0.6) is 0 Å². The molecular weight excluding hydrogens is 336 g/mol. The maximum atomic E-state index is 13.7. The van der Waals surface area contributed by atoms with Gasteiger partial charge in [-0.1, -0.05) is 5.16 Å². The molecule has 2 heterocycles. The molecule has 5 nitrogen and oxygen atoms in total. The molecule has 0 unspecified atom stereocenters. The highest BCUT2D eigenvalue weighted by atomic mass is 32.1. The van der Waals surface area contributed by atoms with Crippen LogP contribution in [-0.2, 0) is 6.42 Å². The molecule has 0 atom stereocenters. The first-order chi connectivity index (χ1) is 11.6. The smallest absolute Gasteiger partial charge is 0.273 e. The summed E-state index contributed by atoms with van der Waals surface area (Å²) in [6.07, 6.45) is 3.27. The number of halogens is 2. The molecule has 3 aromatic rings. The van der Waals surface area contributed by atoms with Crippen molar-refractivity contribution in [2.45, 2.75) is 12.8 Å². The predicted octanol–water partition coefficient (Wildman–Crippen LogP) is 3.44. The van der Waals surface area contributed by atoms with Crippen LogP contribution in [0.15, 0.2) is 40.4 Å². The topological polar surface area (TPSA) is 68.0 Å². The Bertz CT molecular complexity index is 834. The van der Waals surface area contributed by atoms with Crippen LogP contribution in [0.25, 0.3) is 11.3 Å². The highest BCUT2D eigenvalue weighted by Gasteiger charge is 2.16. The molecule has 0 radical (unpaired) electrons. The summed E-state index contributed by atoms with van der Waals surface area (Å²) < 4.78 is 31.6. The Balaban J connectivity index is 1.57. The molecule has 0 spiro atoms. The molecular formula is C16H13F2N3O2S. The Labute approximate surface area is 140 Å². The van der Waals surface area contributed by atoms with Gasteiger partial charge in [0.05, 0.1) is 10.6 Å². The molecule has 3 rings (SSSR count). The quantitative estimate of drug-likeness (QED) is 0.692. The molecule has 8 heteroatoms. The second-order valence-corrected chi connectivity index (χ2v) is 5.96. The van der Waals surface area contributed by atoms with Crippen molar-refractivity contribution in [3.8, 4) is 11.3 Å². The Morgan fingerprint density at radius 2 is 2.17 bits per heavy atom. The molecule has 0 bridgehead atoms. The number of rotatable bonds is 6. The van der Waals surface area contributed by atoms with Gasteiger partial charge >= 0.3 is 0 Å². The van der Waals surface area contributed by atoms with Crippen molar-refractivity contribution in [1.82, 2.24) is 15.5 Å². The number of thiazole rings is 1. The minimum atomic E-state index is -0.776. The average Bonchev–Trinajstić information content (AvgIpc) is 3.23. The second kappa shape index (κ2) is 7.31. The molecule has 1 aromatic carbocycles. The standard InChI is InChI=1S/C16H13F2N3O2S/c17-10-3-4-11(12(18)8-10)14-9-13(21-23-14)16(22)20-5-1-2-15-19-6-7-24-15/h3-4,6-9H,1-2,5H2,(H,20,22). The number of aryl methyl sites for hydroxylation is 1. The number of carbonyl (C=O) groups excluding carboxylic acids is 1. The van der Waals surface area contributed by atoms with Gasteiger partial charge in [-0.3, -0.25) is 4.79 Å². The number of hydrogen-bond acceptors (Lipinski definition) is 5. The Morgan fingerprint density at radius 3 is 2.92 bits per heavy atom. The fourth-order valence-electron chi connectivity index (χ4n) is 2.11. The number of amides is 1. The van der Waals surface area contributed by atoms with E-state index in [1.54, 1.807) is 17.5 Å². The summed E-state index contributed by atoms with van der Waals surface area (Å²) >= 11 is 1.57.